The van der Waals surface area contributed by atoms with Crippen LogP contribution in [0.3, 0.4) is 0 Å². The monoisotopic (exact) mass is 328 g/mol. The molecule has 1 N–H and O–H groups in total. The van der Waals surface area contributed by atoms with E-state index in [1.165, 1.54) is 30.8 Å². The Morgan fingerprint density at radius 3 is 2.83 bits per heavy atom. The SMILES string of the molecule is O=C(O)c1cnc(C2CCCN2Cc2noc3c2CCCC3)nc1. The molecule has 2 aromatic rings. The van der Waals surface area contributed by atoms with E-state index in [9.17, 15) is 4.79 Å². The molecule has 1 fully saturated rings. The molecule has 0 radical (unpaired) electrons. The molecule has 0 spiro atoms. The number of carboxylic acid groups (broad SMARTS) is 1. The molecular formula is C17H20N4O3. The molecule has 1 atom stereocenters. The maximum absolute atomic E-state index is 10.9. The molecule has 1 saturated heterocycles. The molecule has 7 heteroatoms. The van der Waals surface area contributed by atoms with Crippen LogP contribution in [-0.4, -0.2) is 37.6 Å². The second kappa shape index (κ2) is 6.32. The fraction of sp³-hybridized carbons (Fsp3) is 0.529. The molecule has 0 amide bonds. The third-order valence-electron chi connectivity index (χ3n) is 4.96. The third kappa shape index (κ3) is 2.80. The lowest BCUT2D eigenvalue weighted by atomic mass is 9.96. The van der Waals surface area contributed by atoms with Crippen LogP contribution in [0, 0.1) is 0 Å². The molecule has 2 aliphatic rings. The molecule has 2 aromatic heterocycles. The van der Waals surface area contributed by atoms with Crippen molar-refractivity contribution in [2.24, 2.45) is 0 Å². The van der Waals surface area contributed by atoms with Gasteiger partial charge in [-0.1, -0.05) is 5.16 Å². The summed E-state index contributed by atoms with van der Waals surface area (Å²) in [6.45, 7) is 1.71. The van der Waals surface area contributed by atoms with Crippen molar-refractivity contribution in [3.63, 3.8) is 0 Å². The van der Waals surface area contributed by atoms with Crippen LogP contribution >= 0.6 is 0 Å². The summed E-state index contributed by atoms with van der Waals surface area (Å²) < 4.78 is 5.51. The maximum Gasteiger partial charge on any atom is 0.338 e. The standard InChI is InChI=1S/C17H20N4O3/c22-17(23)11-8-18-16(19-9-11)14-5-3-7-21(14)10-13-12-4-1-2-6-15(12)24-20-13/h8-9,14H,1-7,10H2,(H,22,23). The molecule has 0 aromatic carbocycles. The first-order valence-corrected chi connectivity index (χ1v) is 8.48. The number of aromatic carboxylic acids is 1. The van der Waals surface area contributed by atoms with Gasteiger partial charge in [-0.15, -0.1) is 0 Å². The van der Waals surface area contributed by atoms with Gasteiger partial charge in [-0.3, -0.25) is 4.90 Å². The molecule has 4 rings (SSSR count). The zero-order valence-electron chi connectivity index (χ0n) is 13.4. The van der Waals surface area contributed by atoms with Crippen LogP contribution in [0.1, 0.15) is 64.9 Å². The summed E-state index contributed by atoms with van der Waals surface area (Å²) in [4.78, 5) is 21.8. The van der Waals surface area contributed by atoms with Crippen molar-refractivity contribution in [1.29, 1.82) is 0 Å². The molecular weight excluding hydrogens is 308 g/mol. The Bertz CT molecular complexity index is 741. The molecule has 1 unspecified atom stereocenters. The van der Waals surface area contributed by atoms with E-state index in [-0.39, 0.29) is 11.6 Å². The van der Waals surface area contributed by atoms with Crippen molar-refractivity contribution >= 4 is 5.97 Å². The zero-order chi connectivity index (χ0) is 16.5. The Morgan fingerprint density at radius 1 is 1.25 bits per heavy atom. The van der Waals surface area contributed by atoms with Gasteiger partial charge < -0.3 is 9.63 Å². The molecule has 0 saturated carbocycles. The first-order chi connectivity index (χ1) is 11.7. The lowest BCUT2D eigenvalue weighted by molar-refractivity contribution is 0.0695. The zero-order valence-corrected chi connectivity index (χ0v) is 13.4. The largest absolute Gasteiger partial charge is 0.478 e. The summed E-state index contributed by atoms with van der Waals surface area (Å²) in [5, 5.41) is 13.3. The highest BCUT2D eigenvalue weighted by Gasteiger charge is 2.30. The van der Waals surface area contributed by atoms with Crippen molar-refractivity contribution in [3.05, 3.63) is 40.8 Å². The van der Waals surface area contributed by atoms with E-state index in [1.54, 1.807) is 0 Å². The van der Waals surface area contributed by atoms with Crippen LogP contribution in [0.4, 0.5) is 0 Å². The second-order valence-electron chi connectivity index (χ2n) is 6.50. The highest BCUT2D eigenvalue weighted by molar-refractivity contribution is 5.86. The molecule has 1 aliphatic heterocycles. The van der Waals surface area contributed by atoms with Gasteiger partial charge in [0.15, 0.2) is 0 Å². The Morgan fingerprint density at radius 2 is 2.04 bits per heavy atom. The highest BCUT2D eigenvalue weighted by Crippen LogP contribution is 2.33. The first kappa shape index (κ1) is 15.3. The second-order valence-corrected chi connectivity index (χ2v) is 6.50. The lowest BCUT2D eigenvalue weighted by Crippen LogP contribution is -2.25. The summed E-state index contributed by atoms with van der Waals surface area (Å²) in [5.41, 5.74) is 2.45. The maximum atomic E-state index is 10.9. The van der Waals surface area contributed by atoms with Crippen LogP contribution in [0.15, 0.2) is 16.9 Å². The number of nitrogens with zero attached hydrogens (tertiary/aromatic N) is 4. The van der Waals surface area contributed by atoms with Crippen LogP contribution in [0.25, 0.3) is 0 Å². The molecule has 24 heavy (non-hydrogen) atoms. The summed E-state index contributed by atoms with van der Waals surface area (Å²) in [7, 11) is 0. The van der Waals surface area contributed by atoms with E-state index < -0.39 is 5.97 Å². The van der Waals surface area contributed by atoms with Gasteiger partial charge in [0.05, 0.1) is 11.6 Å². The number of hydrogen-bond donors (Lipinski definition) is 1. The van der Waals surface area contributed by atoms with Gasteiger partial charge in [0.25, 0.3) is 0 Å². The quantitative estimate of drug-likeness (QED) is 0.921. The Balaban J connectivity index is 1.52. The number of fused-ring (bicyclic) bond motifs is 1. The number of carboxylic acids is 1. The van der Waals surface area contributed by atoms with Gasteiger partial charge in [-0.2, -0.15) is 0 Å². The average molecular weight is 328 g/mol. The van der Waals surface area contributed by atoms with Gasteiger partial charge in [0.1, 0.15) is 17.3 Å². The molecule has 7 nitrogen and oxygen atoms in total. The van der Waals surface area contributed by atoms with Crippen LogP contribution in [-0.2, 0) is 19.4 Å². The van der Waals surface area contributed by atoms with Crippen molar-refractivity contribution in [3.8, 4) is 0 Å². The van der Waals surface area contributed by atoms with E-state index in [0.29, 0.717) is 5.82 Å². The fourth-order valence-electron chi connectivity index (χ4n) is 3.69. The summed E-state index contributed by atoms with van der Waals surface area (Å²) in [6.07, 6.45) is 9.25. The number of hydrogen-bond acceptors (Lipinski definition) is 6. The minimum absolute atomic E-state index is 0.115. The third-order valence-corrected chi connectivity index (χ3v) is 4.96. The Kier molecular flexibility index (Phi) is 4.02. The number of aromatic nitrogens is 3. The van der Waals surface area contributed by atoms with Gasteiger partial charge in [-0.25, -0.2) is 14.8 Å². The van der Waals surface area contributed by atoms with Crippen molar-refractivity contribution in [2.45, 2.75) is 51.1 Å². The smallest absolute Gasteiger partial charge is 0.338 e. The topological polar surface area (TPSA) is 92.3 Å². The number of rotatable bonds is 4. The Hall–Kier alpha value is -2.28. The minimum atomic E-state index is -1.00. The summed E-state index contributed by atoms with van der Waals surface area (Å²) >= 11 is 0. The van der Waals surface area contributed by atoms with Crippen molar-refractivity contribution in [1.82, 2.24) is 20.0 Å². The van der Waals surface area contributed by atoms with E-state index >= 15 is 0 Å². The van der Waals surface area contributed by atoms with Crippen LogP contribution in [0.2, 0.25) is 0 Å². The molecule has 0 bridgehead atoms. The average Bonchev–Trinajstić information content (AvgIpc) is 3.23. The van der Waals surface area contributed by atoms with E-state index in [1.807, 2.05) is 0 Å². The predicted molar refractivity (Wildman–Crippen MR) is 84.5 cm³/mol. The van der Waals surface area contributed by atoms with Crippen molar-refractivity contribution < 1.29 is 14.4 Å². The van der Waals surface area contributed by atoms with Crippen LogP contribution < -0.4 is 0 Å². The van der Waals surface area contributed by atoms with Crippen LogP contribution in [0.5, 0.6) is 0 Å². The van der Waals surface area contributed by atoms with Gasteiger partial charge >= 0.3 is 5.97 Å². The van der Waals surface area contributed by atoms with Crippen molar-refractivity contribution in [2.75, 3.05) is 6.54 Å². The van der Waals surface area contributed by atoms with E-state index in [2.05, 4.69) is 20.0 Å². The lowest BCUT2D eigenvalue weighted by Gasteiger charge is -2.22. The van der Waals surface area contributed by atoms with Gasteiger partial charge in [0.2, 0.25) is 0 Å². The normalized spacial score (nSPS) is 20.9. The van der Waals surface area contributed by atoms with Gasteiger partial charge in [0, 0.05) is 30.9 Å². The number of likely N-dealkylation sites (tertiary alicyclic amines) is 1. The number of aryl methyl sites for hydroxylation is 1. The summed E-state index contributed by atoms with van der Waals surface area (Å²) in [5.74, 6) is 0.739. The first-order valence-electron chi connectivity index (χ1n) is 8.48. The number of carbonyl (C=O) groups is 1. The predicted octanol–water partition coefficient (Wildman–Crippen LogP) is 2.38. The summed E-state index contributed by atoms with van der Waals surface area (Å²) in [6, 6.07) is 0.115. The van der Waals surface area contributed by atoms with Gasteiger partial charge in [-0.05, 0) is 38.6 Å². The molecule has 3 heterocycles. The van der Waals surface area contributed by atoms with E-state index in [0.717, 1.165) is 50.2 Å². The van der Waals surface area contributed by atoms with E-state index in [4.69, 9.17) is 9.63 Å². The fourth-order valence-corrected chi connectivity index (χ4v) is 3.69. The highest BCUT2D eigenvalue weighted by atomic mass is 16.5. The minimum Gasteiger partial charge on any atom is -0.478 e. The molecule has 126 valence electrons. The molecule has 1 aliphatic carbocycles. The Labute approximate surface area is 139 Å².